The summed E-state index contributed by atoms with van der Waals surface area (Å²) < 4.78 is 0. The Labute approximate surface area is 112 Å². The van der Waals surface area contributed by atoms with E-state index in [1.165, 1.54) is 16.5 Å². The summed E-state index contributed by atoms with van der Waals surface area (Å²) >= 11 is 4.28. The molecule has 0 radical (unpaired) electrons. The lowest BCUT2D eigenvalue weighted by atomic mass is 10.1. The van der Waals surface area contributed by atoms with Crippen LogP contribution in [-0.2, 0) is 0 Å². The zero-order chi connectivity index (χ0) is 13.0. The van der Waals surface area contributed by atoms with Crippen LogP contribution >= 0.6 is 12.6 Å². The minimum Gasteiger partial charge on any atom is -0.400 e. The molecule has 2 nitrogen and oxygen atoms in total. The molecular weight excluding hydrogens is 242 g/mol. The zero-order valence-corrected chi connectivity index (χ0v) is 11.0. The predicted molar refractivity (Wildman–Crippen MR) is 79.1 cm³/mol. The number of hydrogen-bond donors (Lipinski definition) is 3. The highest BCUT2D eigenvalue weighted by Gasteiger charge is 2.01. The van der Waals surface area contributed by atoms with E-state index in [-0.39, 0.29) is 0 Å². The van der Waals surface area contributed by atoms with Gasteiger partial charge in [0.05, 0.1) is 0 Å². The van der Waals surface area contributed by atoms with E-state index in [1.807, 2.05) is 18.2 Å². The lowest BCUT2D eigenvalue weighted by Crippen LogP contribution is -1.75. The third-order valence-corrected chi connectivity index (χ3v) is 3.01. The fraction of sp³-hybridized carbons (Fsp3) is 0.0667. The molecule has 0 aliphatic rings. The first kappa shape index (κ1) is 12.7. The van der Waals surface area contributed by atoms with Gasteiger partial charge in [-0.3, -0.25) is 0 Å². The summed E-state index contributed by atoms with van der Waals surface area (Å²) in [5.74, 6) is 0. The number of benzene rings is 2. The largest absolute Gasteiger partial charge is 0.400 e. The van der Waals surface area contributed by atoms with Crippen LogP contribution in [0.3, 0.4) is 0 Å². The van der Waals surface area contributed by atoms with Crippen LogP contribution in [0.4, 0.5) is 0 Å². The van der Waals surface area contributed by atoms with E-state index >= 15 is 0 Å². The number of aliphatic hydroxyl groups is 1. The number of H-pyrrole nitrogens is 1. The van der Waals surface area contributed by atoms with Crippen LogP contribution in [0.15, 0.2) is 59.5 Å². The van der Waals surface area contributed by atoms with Gasteiger partial charge in [0.2, 0.25) is 0 Å². The van der Waals surface area contributed by atoms with Gasteiger partial charge >= 0.3 is 0 Å². The number of aromatic nitrogens is 1. The molecule has 2 aromatic carbocycles. The normalized spacial score (nSPS) is 9.94. The average Bonchev–Trinajstić information content (AvgIpc) is 2.85. The molecule has 3 rings (SSSR count). The zero-order valence-electron chi connectivity index (χ0n) is 10.1. The number of rotatable bonds is 1. The smallest absolute Gasteiger partial charge is 0.0464 e. The topological polar surface area (TPSA) is 36.0 Å². The van der Waals surface area contributed by atoms with E-state index in [1.54, 1.807) is 0 Å². The third-order valence-electron chi connectivity index (χ3n) is 2.71. The SMILES string of the molecule is CO.Sc1ccc(-c2cc3ccccc3[nH]2)cc1. The average molecular weight is 257 g/mol. The first-order valence-corrected chi connectivity index (χ1v) is 6.09. The fourth-order valence-electron chi connectivity index (χ4n) is 1.87. The van der Waals surface area contributed by atoms with E-state index in [9.17, 15) is 0 Å². The Morgan fingerprint density at radius 2 is 1.61 bits per heavy atom. The van der Waals surface area contributed by atoms with Gasteiger partial charge in [-0.1, -0.05) is 30.3 Å². The van der Waals surface area contributed by atoms with Crippen LogP contribution in [0.5, 0.6) is 0 Å². The number of para-hydroxylation sites is 1. The molecule has 18 heavy (non-hydrogen) atoms. The highest BCUT2D eigenvalue weighted by atomic mass is 32.1. The summed E-state index contributed by atoms with van der Waals surface area (Å²) in [7, 11) is 1.00. The van der Waals surface area contributed by atoms with Crippen LogP contribution in [0, 0.1) is 0 Å². The Kier molecular flexibility index (Phi) is 4.07. The van der Waals surface area contributed by atoms with E-state index in [0.717, 1.165) is 17.7 Å². The molecule has 0 saturated heterocycles. The van der Waals surface area contributed by atoms with Crippen molar-refractivity contribution in [2.45, 2.75) is 4.90 Å². The van der Waals surface area contributed by atoms with Gasteiger partial charge in [-0.15, -0.1) is 12.6 Å². The molecule has 0 saturated carbocycles. The van der Waals surface area contributed by atoms with E-state index in [0.29, 0.717) is 0 Å². The van der Waals surface area contributed by atoms with E-state index < -0.39 is 0 Å². The van der Waals surface area contributed by atoms with Gasteiger partial charge in [-0.2, -0.15) is 0 Å². The monoisotopic (exact) mass is 257 g/mol. The van der Waals surface area contributed by atoms with Crippen molar-refractivity contribution in [1.82, 2.24) is 4.98 Å². The molecule has 1 heterocycles. The number of aliphatic hydroxyl groups excluding tert-OH is 1. The Bertz CT molecular complexity index is 595. The molecular formula is C15H15NOS. The van der Waals surface area contributed by atoms with Gasteiger partial charge in [0, 0.05) is 28.6 Å². The van der Waals surface area contributed by atoms with Crippen molar-refractivity contribution in [2.24, 2.45) is 0 Å². The van der Waals surface area contributed by atoms with E-state index in [4.69, 9.17) is 5.11 Å². The number of nitrogens with one attached hydrogen (secondary N) is 1. The van der Waals surface area contributed by atoms with Gasteiger partial charge in [0.1, 0.15) is 0 Å². The van der Waals surface area contributed by atoms with Crippen molar-refractivity contribution in [3.05, 3.63) is 54.6 Å². The molecule has 3 aromatic rings. The molecule has 0 spiro atoms. The van der Waals surface area contributed by atoms with Crippen molar-refractivity contribution in [2.75, 3.05) is 7.11 Å². The van der Waals surface area contributed by atoms with Crippen molar-refractivity contribution in [1.29, 1.82) is 0 Å². The van der Waals surface area contributed by atoms with Gasteiger partial charge in [0.15, 0.2) is 0 Å². The highest BCUT2D eigenvalue weighted by molar-refractivity contribution is 7.80. The molecule has 0 atom stereocenters. The molecule has 2 N–H and O–H groups in total. The highest BCUT2D eigenvalue weighted by Crippen LogP contribution is 2.24. The number of fused-ring (bicyclic) bond motifs is 1. The van der Waals surface area contributed by atoms with Crippen LogP contribution in [0.25, 0.3) is 22.2 Å². The molecule has 0 aliphatic carbocycles. The van der Waals surface area contributed by atoms with Gasteiger partial charge < -0.3 is 10.1 Å². The Hall–Kier alpha value is -1.71. The molecule has 0 unspecified atom stereocenters. The van der Waals surface area contributed by atoms with Crippen molar-refractivity contribution >= 4 is 23.5 Å². The van der Waals surface area contributed by atoms with Gasteiger partial charge in [-0.25, -0.2) is 0 Å². The molecule has 0 bridgehead atoms. The van der Waals surface area contributed by atoms with Crippen LogP contribution in [0.2, 0.25) is 0 Å². The second-order valence-electron chi connectivity index (χ2n) is 3.82. The van der Waals surface area contributed by atoms with E-state index in [2.05, 4.69) is 54.0 Å². The quantitative estimate of drug-likeness (QED) is 0.571. The predicted octanol–water partition coefficient (Wildman–Crippen LogP) is 3.73. The van der Waals surface area contributed by atoms with Crippen LogP contribution < -0.4 is 0 Å². The van der Waals surface area contributed by atoms with Crippen molar-refractivity contribution in [3.63, 3.8) is 0 Å². The second kappa shape index (κ2) is 5.76. The maximum atomic E-state index is 7.00. The second-order valence-corrected chi connectivity index (χ2v) is 4.33. The minimum absolute atomic E-state index is 0.986. The standard InChI is InChI=1S/C14H11NS.CH4O/c16-12-7-5-10(6-8-12)14-9-11-3-1-2-4-13(11)15-14;1-2/h1-9,15-16H;2H,1H3. The number of hydrogen-bond acceptors (Lipinski definition) is 2. The number of thiol groups is 1. The first-order valence-electron chi connectivity index (χ1n) is 5.65. The maximum absolute atomic E-state index is 7.00. The Morgan fingerprint density at radius 1 is 0.944 bits per heavy atom. The molecule has 3 heteroatoms. The first-order chi connectivity index (χ1) is 8.83. The molecule has 0 fully saturated rings. The summed E-state index contributed by atoms with van der Waals surface area (Å²) in [6.45, 7) is 0. The lowest BCUT2D eigenvalue weighted by Gasteiger charge is -1.97. The summed E-state index contributed by atoms with van der Waals surface area (Å²) in [6, 6.07) is 18.6. The van der Waals surface area contributed by atoms with Crippen molar-refractivity contribution in [3.8, 4) is 11.3 Å². The minimum atomic E-state index is 0.986. The summed E-state index contributed by atoms with van der Waals surface area (Å²) in [5.41, 5.74) is 3.51. The molecule has 1 aromatic heterocycles. The Morgan fingerprint density at radius 3 is 2.28 bits per heavy atom. The lowest BCUT2D eigenvalue weighted by molar-refractivity contribution is 0.399. The van der Waals surface area contributed by atoms with Gasteiger partial charge in [-0.05, 0) is 29.8 Å². The maximum Gasteiger partial charge on any atom is 0.0464 e. The molecule has 0 aliphatic heterocycles. The summed E-state index contributed by atoms with van der Waals surface area (Å²) in [5, 5.41) is 8.24. The summed E-state index contributed by atoms with van der Waals surface area (Å²) in [4.78, 5) is 4.39. The Balaban J connectivity index is 0.000000574. The number of aromatic amines is 1. The summed E-state index contributed by atoms with van der Waals surface area (Å²) in [6.07, 6.45) is 0. The molecule has 0 amide bonds. The molecule has 92 valence electrons. The fourth-order valence-corrected chi connectivity index (χ4v) is 2.02. The van der Waals surface area contributed by atoms with Crippen LogP contribution in [-0.4, -0.2) is 17.2 Å². The van der Waals surface area contributed by atoms with Crippen molar-refractivity contribution < 1.29 is 5.11 Å². The van der Waals surface area contributed by atoms with Crippen LogP contribution in [0.1, 0.15) is 0 Å². The third kappa shape index (κ3) is 2.58. The van der Waals surface area contributed by atoms with Gasteiger partial charge in [0.25, 0.3) is 0 Å².